The van der Waals surface area contributed by atoms with Crippen molar-refractivity contribution in [1.29, 1.82) is 0 Å². The van der Waals surface area contributed by atoms with Gasteiger partial charge in [0, 0.05) is 6.54 Å². The van der Waals surface area contributed by atoms with Gasteiger partial charge in [-0.3, -0.25) is 9.59 Å². The van der Waals surface area contributed by atoms with E-state index in [0.29, 0.717) is 6.54 Å². The standard InChI is InChI=1S/C17H20N2O3S/c1-12(14-7-8-23-11-14)17(21)19-10-16(20)18-9-13-3-5-15(22-2)6-4-13/h3-8,11-12H,9-10H2,1-2H3,(H,18,20)(H,19,21). The highest BCUT2D eigenvalue weighted by atomic mass is 32.1. The van der Waals surface area contributed by atoms with Gasteiger partial charge in [0.05, 0.1) is 19.6 Å². The molecule has 1 unspecified atom stereocenters. The molecule has 5 nitrogen and oxygen atoms in total. The summed E-state index contributed by atoms with van der Waals surface area (Å²) in [5.41, 5.74) is 1.93. The highest BCUT2D eigenvalue weighted by Gasteiger charge is 2.16. The lowest BCUT2D eigenvalue weighted by Gasteiger charge is -2.11. The summed E-state index contributed by atoms with van der Waals surface area (Å²) < 4.78 is 5.08. The number of nitrogens with one attached hydrogen (secondary N) is 2. The summed E-state index contributed by atoms with van der Waals surface area (Å²) >= 11 is 1.55. The van der Waals surface area contributed by atoms with E-state index in [1.54, 1.807) is 18.4 Å². The fraction of sp³-hybridized carbons (Fsp3) is 0.294. The summed E-state index contributed by atoms with van der Waals surface area (Å²) in [6, 6.07) is 9.36. The second-order valence-corrected chi connectivity index (χ2v) is 5.90. The molecule has 0 saturated carbocycles. The lowest BCUT2D eigenvalue weighted by atomic mass is 10.0. The van der Waals surface area contributed by atoms with Crippen LogP contribution < -0.4 is 15.4 Å². The number of rotatable bonds is 7. The Bertz CT molecular complexity index is 638. The van der Waals surface area contributed by atoms with Crippen LogP contribution in [0, 0.1) is 0 Å². The third kappa shape index (κ3) is 5.10. The third-order valence-electron chi connectivity index (χ3n) is 3.51. The number of methoxy groups -OCH3 is 1. The molecule has 0 bridgehead atoms. The fourth-order valence-electron chi connectivity index (χ4n) is 2.00. The van der Waals surface area contributed by atoms with E-state index in [-0.39, 0.29) is 24.3 Å². The highest BCUT2D eigenvalue weighted by molar-refractivity contribution is 7.08. The van der Waals surface area contributed by atoms with Gasteiger partial charge in [0.1, 0.15) is 5.75 Å². The molecule has 1 atom stereocenters. The van der Waals surface area contributed by atoms with Gasteiger partial charge in [0.15, 0.2) is 0 Å². The van der Waals surface area contributed by atoms with E-state index >= 15 is 0 Å². The summed E-state index contributed by atoms with van der Waals surface area (Å²) in [5, 5.41) is 9.30. The van der Waals surface area contributed by atoms with E-state index in [0.717, 1.165) is 16.9 Å². The molecule has 0 spiro atoms. The number of benzene rings is 1. The molecule has 0 fully saturated rings. The summed E-state index contributed by atoms with van der Waals surface area (Å²) in [5.74, 6) is 0.153. The van der Waals surface area contributed by atoms with Crippen molar-refractivity contribution >= 4 is 23.2 Å². The Hall–Kier alpha value is -2.34. The predicted molar refractivity (Wildman–Crippen MR) is 90.6 cm³/mol. The Morgan fingerprint density at radius 3 is 2.52 bits per heavy atom. The predicted octanol–water partition coefficient (Wildman–Crippen LogP) is 2.29. The van der Waals surface area contributed by atoms with Crippen LogP contribution in [0.5, 0.6) is 5.75 Å². The van der Waals surface area contributed by atoms with Crippen LogP contribution in [0.1, 0.15) is 24.0 Å². The second kappa shape index (κ2) is 8.33. The Kier molecular flexibility index (Phi) is 6.17. The first-order chi connectivity index (χ1) is 11.1. The maximum absolute atomic E-state index is 12.0. The van der Waals surface area contributed by atoms with Gasteiger partial charge < -0.3 is 15.4 Å². The molecule has 0 aliphatic carbocycles. The van der Waals surface area contributed by atoms with E-state index < -0.39 is 0 Å². The van der Waals surface area contributed by atoms with E-state index in [1.165, 1.54) is 0 Å². The quantitative estimate of drug-likeness (QED) is 0.817. The van der Waals surface area contributed by atoms with Crippen LogP contribution in [0.25, 0.3) is 0 Å². The third-order valence-corrected chi connectivity index (χ3v) is 4.21. The molecular formula is C17H20N2O3S. The van der Waals surface area contributed by atoms with Gasteiger partial charge in [-0.25, -0.2) is 0 Å². The van der Waals surface area contributed by atoms with Crippen molar-refractivity contribution in [3.05, 3.63) is 52.2 Å². The van der Waals surface area contributed by atoms with E-state index in [4.69, 9.17) is 4.74 Å². The molecule has 2 N–H and O–H groups in total. The Morgan fingerprint density at radius 1 is 1.17 bits per heavy atom. The molecular weight excluding hydrogens is 312 g/mol. The van der Waals surface area contributed by atoms with Gasteiger partial charge in [-0.2, -0.15) is 11.3 Å². The number of carbonyl (C=O) groups is 2. The summed E-state index contributed by atoms with van der Waals surface area (Å²) in [6.45, 7) is 2.22. The molecule has 2 rings (SSSR count). The lowest BCUT2D eigenvalue weighted by molar-refractivity contribution is -0.126. The van der Waals surface area contributed by atoms with Crippen molar-refractivity contribution < 1.29 is 14.3 Å². The molecule has 2 amide bonds. The summed E-state index contributed by atoms with van der Waals surface area (Å²) in [7, 11) is 1.61. The average Bonchev–Trinajstić information content (AvgIpc) is 3.12. The number of thiophene rings is 1. The van der Waals surface area contributed by atoms with Crippen molar-refractivity contribution in [3.8, 4) is 5.75 Å². The number of carbonyl (C=O) groups excluding carboxylic acids is 2. The number of hydrogen-bond donors (Lipinski definition) is 2. The minimum absolute atomic E-state index is 0.0243. The average molecular weight is 332 g/mol. The number of hydrogen-bond acceptors (Lipinski definition) is 4. The minimum Gasteiger partial charge on any atom is -0.497 e. The van der Waals surface area contributed by atoms with E-state index in [2.05, 4.69) is 10.6 Å². The zero-order chi connectivity index (χ0) is 16.7. The van der Waals surface area contributed by atoms with Gasteiger partial charge in [-0.1, -0.05) is 12.1 Å². The largest absolute Gasteiger partial charge is 0.497 e. The van der Waals surface area contributed by atoms with Crippen molar-refractivity contribution in [2.45, 2.75) is 19.4 Å². The Balaban J connectivity index is 1.73. The molecule has 0 aliphatic rings. The molecule has 1 aromatic carbocycles. The number of ether oxygens (including phenoxy) is 1. The van der Waals surface area contributed by atoms with Gasteiger partial charge in [0.25, 0.3) is 0 Å². The van der Waals surface area contributed by atoms with E-state index in [9.17, 15) is 9.59 Å². The maximum atomic E-state index is 12.0. The first kappa shape index (κ1) is 17.0. The maximum Gasteiger partial charge on any atom is 0.239 e. The topological polar surface area (TPSA) is 67.4 Å². The molecule has 0 aliphatic heterocycles. The second-order valence-electron chi connectivity index (χ2n) is 5.12. The molecule has 0 radical (unpaired) electrons. The van der Waals surface area contributed by atoms with Crippen molar-refractivity contribution in [3.63, 3.8) is 0 Å². The molecule has 0 saturated heterocycles. The minimum atomic E-state index is -0.254. The summed E-state index contributed by atoms with van der Waals surface area (Å²) in [4.78, 5) is 23.8. The molecule has 2 aromatic rings. The van der Waals surface area contributed by atoms with Crippen molar-refractivity contribution in [1.82, 2.24) is 10.6 Å². The van der Waals surface area contributed by atoms with Crippen LogP contribution in [0.15, 0.2) is 41.1 Å². The zero-order valence-electron chi connectivity index (χ0n) is 13.2. The van der Waals surface area contributed by atoms with Gasteiger partial charge in [0.2, 0.25) is 11.8 Å². The first-order valence-corrected chi connectivity index (χ1v) is 8.24. The number of amides is 2. The first-order valence-electron chi connectivity index (χ1n) is 7.29. The van der Waals surface area contributed by atoms with Gasteiger partial charge in [-0.05, 0) is 47.0 Å². The molecule has 23 heavy (non-hydrogen) atoms. The van der Waals surface area contributed by atoms with Crippen LogP contribution in [0.3, 0.4) is 0 Å². The van der Waals surface area contributed by atoms with Crippen LogP contribution in [-0.2, 0) is 16.1 Å². The monoisotopic (exact) mass is 332 g/mol. The van der Waals surface area contributed by atoms with E-state index in [1.807, 2.05) is 48.0 Å². The molecule has 1 heterocycles. The smallest absolute Gasteiger partial charge is 0.239 e. The van der Waals surface area contributed by atoms with Crippen molar-refractivity contribution in [2.75, 3.05) is 13.7 Å². The lowest BCUT2D eigenvalue weighted by Crippen LogP contribution is -2.38. The Morgan fingerprint density at radius 2 is 1.91 bits per heavy atom. The molecule has 122 valence electrons. The molecule has 6 heteroatoms. The van der Waals surface area contributed by atoms with Crippen LogP contribution in [0.4, 0.5) is 0 Å². The van der Waals surface area contributed by atoms with Crippen LogP contribution in [-0.4, -0.2) is 25.5 Å². The fourth-order valence-corrected chi connectivity index (χ4v) is 2.75. The SMILES string of the molecule is COc1ccc(CNC(=O)CNC(=O)C(C)c2ccsc2)cc1. The van der Waals surface area contributed by atoms with Crippen LogP contribution >= 0.6 is 11.3 Å². The summed E-state index contributed by atoms with van der Waals surface area (Å²) in [6.07, 6.45) is 0. The van der Waals surface area contributed by atoms with Crippen LogP contribution in [0.2, 0.25) is 0 Å². The van der Waals surface area contributed by atoms with Gasteiger partial charge in [-0.15, -0.1) is 0 Å². The normalized spacial score (nSPS) is 11.6. The molecule has 1 aromatic heterocycles. The zero-order valence-corrected chi connectivity index (χ0v) is 14.0. The Labute approximate surface area is 139 Å². The highest BCUT2D eigenvalue weighted by Crippen LogP contribution is 2.17. The van der Waals surface area contributed by atoms with Crippen molar-refractivity contribution in [2.24, 2.45) is 0 Å². The van der Waals surface area contributed by atoms with Gasteiger partial charge >= 0.3 is 0 Å².